The Kier molecular flexibility index (Phi) is 17.0. The Morgan fingerprint density at radius 3 is 0.913 bits per heavy atom. The molecule has 0 radical (unpaired) electrons. The maximum atomic E-state index is 7.13. The minimum Gasteiger partial charge on any atom is -0.753 e. The Bertz CT molecular complexity index is 543. The molecule has 0 saturated carbocycles. The Hall–Kier alpha value is -1.90. The van der Waals surface area contributed by atoms with Gasteiger partial charge in [-0.05, 0) is 27.7 Å². The second-order valence-corrected chi connectivity index (χ2v) is 3.88. The Labute approximate surface area is 157 Å². The molecule has 23 heavy (non-hydrogen) atoms. The van der Waals surface area contributed by atoms with Crippen molar-refractivity contribution in [2.45, 2.75) is 27.7 Å². The molecular formula is C10H16N10S2Zn. The minimum atomic E-state index is 0. The first-order valence-corrected chi connectivity index (χ1v) is 6.38. The van der Waals surface area contributed by atoms with Gasteiger partial charge in [0.25, 0.3) is 0 Å². The van der Waals surface area contributed by atoms with Crippen molar-refractivity contribution < 1.29 is 19.5 Å². The average Bonchev–Trinajstić information content (AvgIpc) is 2.92. The van der Waals surface area contributed by atoms with Gasteiger partial charge in [0.05, 0.1) is 0 Å². The SMILES string of the molecule is Cc1nnc(C)n1N.Cc1nnc(C)n1N.[N-]=C=S.[N-]=C=S.[Zn+2]. The third-order valence-electron chi connectivity index (χ3n) is 2.07. The van der Waals surface area contributed by atoms with Crippen LogP contribution in [-0.4, -0.2) is 40.1 Å². The van der Waals surface area contributed by atoms with Crippen molar-refractivity contribution >= 4 is 34.8 Å². The fraction of sp³-hybridized carbons (Fsp3) is 0.400. The second-order valence-electron chi connectivity index (χ2n) is 3.51. The fourth-order valence-corrected chi connectivity index (χ4v) is 0.950. The summed E-state index contributed by atoms with van der Waals surface area (Å²) in [7, 11) is 0. The van der Waals surface area contributed by atoms with Gasteiger partial charge < -0.3 is 22.5 Å². The van der Waals surface area contributed by atoms with Gasteiger partial charge in [-0.25, -0.2) is 9.35 Å². The van der Waals surface area contributed by atoms with E-state index in [2.05, 4.69) is 44.8 Å². The van der Waals surface area contributed by atoms with Gasteiger partial charge in [0, 0.05) is 0 Å². The third kappa shape index (κ3) is 11.3. The Morgan fingerprint density at radius 2 is 0.870 bits per heavy atom. The first-order valence-electron chi connectivity index (χ1n) is 5.56. The van der Waals surface area contributed by atoms with Crippen LogP contribution in [0.25, 0.3) is 10.8 Å². The molecule has 0 bridgehead atoms. The number of rotatable bonds is 0. The second kappa shape index (κ2) is 15.0. The van der Waals surface area contributed by atoms with Gasteiger partial charge in [-0.3, -0.25) is 0 Å². The van der Waals surface area contributed by atoms with E-state index in [0.29, 0.717) is 0 Å². The maximum Gasteiger partial charge on any atom is 2.00 e. The van der Waals surface area contributed by atoms with Gasteiger partial charge in [0.1, 0.15) is 23.3 Å². The summed E-state index contributed by atoms with van der Waals surface area (Å²) >= 11 is 7.40. The van der Waals surface area contributed by atoms with Crippen molar-refractivity contribution in [3.8, 4) is 0 Å². The topological polar surface area (TPSA) is 158 Å². The van der Waals surface area contributed by atoms with Crippen molar-refractivity contribution in [1.82, 2.24) is 29.7 Å². The number of hydrogen-bond acceptors (Lipinski definition) is 8. The van der Waals surface area contributed by atoms with Crippen molar-refractivity contribution in [2.24, 2.45) is 0 Å². The summed E-state index contributed by atoms with van der Waals surface area (Å²) in [5.41, 5.74) is 0. The summed E-state index contributed by atoms with van der Waals surface area (Å²) in [4.78, 5) is 0. The standard InChI is InChI=1S/2C4H8N4.2CNS.Zn/c2*1-3-6-7-4(2)8(3)5;2*2-1-3;/h2*5H2,1-2H3;;;/q;;2*-1;+2. The Balaban J connectivity index is -0.000000253. The normalized spacial score (nSPS) is 7.48. The number of isothiocyanates is 2. The molecule has 0 aliphatic rings. The molecule has 0 aromatic carbocycles. The zero-order valence-electron chi connectivity index (χ0n) is 13.3. The van der Waals surface area contributed by atoms with E-state index in [0.717, 1.165) is 23.3 Å². The molecule has 0 fully saturated rings. The molecule has 13 heteroatoms. The number of nitrogens with zero attached hydrogens (tertiary/aromatic N) is 8. The van der Waals surface area contributed by atoms with Gasteiger partial charge in [0.2, 0.25) is 0 Å². The number of nitrogens with two attached hydrogens (primary N) is 2. The van der Waals surface area contributed by atoms with Crippen molar-refractivity contribution in [1.29, 1.82) is 0 Å². The molecule has 0 amide bonds. The van der Waals surface area contributed by atoms with E-state index in [1.807, 2.05) is 0 Å². The largest absolute Gasteiger partial charge is 2.00 e. The number of aryl methyl sites for hydroxylation is 4. The monoisotopic (exact) mass is 404 g/mol. The van der Waals surface area contributed by atoms with Gasteiger partial charge in [-0.2, -0.15) is 10.3 Å². The van der Waals surface area contributed by atoms with E-state index in [9.17, 15) is 0 Å². The van der Waals surface area contributed by atoms with E-state index in [1.54, 1.807) is 27.7 Å². The zero-order valence-corrected chi connectivity index (χ0v) is 17.9. The van der Waals surface area contributed by atoms with Gasteiger partial charge >= 0.3 is 19.5 Å². The van der Waals surface area contributed by atoms with Crippen LogP contribution in [0.15, 0.2) is 0 Å². The fourth-order valence-electron chi connectivity index (χ4n) is 0.950. The van der Waals surface area contributed by atoms with Crippen LogP contribution in [0.4, 0.5) is 0 Å². The van der Waals surface area contributed by atoms with Crippen LogP contribution in [0.1, 0.15) is 23.3 Å². The molecule has 0 spiro atoms. The maximum absolute atomic E-state index is 7.13. The molecule has 2 heterocycles. The number of aromatic nitrogens is 6. The molecule has 0 aliphatic heterocycles. The number of thiocarbonyl (C=S) groups is 2. The number of hydrogen-bond donors (Lipinski definition) is 2. The van der Waals surface area contributed by atoms with Crippen LogP contribution < -0.4 is 11.7 Å². The average molecular weight is 406 g/mol. The van der Waals surface area contributed by atoms with Gasteiger partial charge in [-0.15, -0.1) is 20.4 Å². The number of nitrogen functional groups attached to an aromatic ring is 2. The molecular weight excluding hydrogens is 390 g/mol. The van der Waals surface area contributed by atoms with E-state index >= 15 is 0 Å². The summed E-state index contributed by atoms with van der Waals surface area (Å²) < 4.78 is 2.89. The van der Waals surface area contributed by atoms with E-state index in [1.165, 1.54) is 19.7 Å². The van der Waals surface area contributed by atoms with E-state index in [4.69, 9.17) is 22.5 Å². The molecule has 2 rings (SSSR count). The molecule has 2 aromatic heterocycles. The van der Waals surface area contributed by atoms with Crippen LogP contribution >= 0.6 is 24.4 Å². The molecule has 120 valence electrons. The summed E-state index contributed by atoms with van der Waals surface area (Å²) in [6, 6.07) is 0. The van der Waals surface area contributed by atoms with Crippen molar-refractivity contribution in [3.05, 3.63) is 34.1 Å². The first-order chi connectivity index (χ1) is 10.3. The predicted molar refractivity (Wildman–Crippen MR) is 91.2 cm³/mol. The first kappa shape index (κ1) is 26.0. The van der Waals surface area contributed by atoms with Crippen LogP contribution in [0.5, 0.6) is 0 Å². The smallest absolute Gasteiger partial charge is 0.753 e. The quantitative estimate of drug-likeness (QED) is 0.278. The van der Waals surface area contributed by atoms with Crippen molar-refractivity contribution in [3.63, 3.8) is 0 Å². The van der Waals surface area contributed by atoms with Crippen LogP contribution in [0.3, 0.4) is 0 Å². The molecule has 0 unspecified atom stereocenters. The third-order valence-corrected chi connectivity index (χ3v) is 2.07. The molecule has 2 aromatic rings. The molecule has 0 atom stereocenters. The van der Waals surface area contributed by atoms with Crippen molar-refractivity contribution in [2.75, 3.05) is 11.7 Å². The van der Waals surface area contributed by atoms with Gasteiger partial charge in [0.15, 0.2) is 0 Å². The van der Waals surface area contributed by atoms with E-state index in [-0.39, 0.29) is 19.5 Å². The molecule has 4 N–H and O–H groups in total. The summed E-state index contributed by atoms with van der Waals surface area (Å²) in [6.45, 7) is 7.22. The van der Waals surface area contributed by atoms with Crippen LogP contribution in [0, 0.1) is 27.7 Å². The van der Waals surface area contributed by atoms with E-state index < -0.39 is 0 Å². The van der Waals surface area contributed by atoms with Crippen LogP contribution in [-0.2, 0) is 19.5 Å². The molecule has 0 saturated heterocycles. The molecule has 0 aliphatic carbocycles. The van der Waals surface area contributed by atoms with Gasteiger partial charge in [-0.1, -0.05) is 24.4 Å². The van der Waals surface area contributed by atoms with Crippen LogP contribution in [0.2, 0.25) is 0 Å². The predicted octanol–water partition coefficient (Wildman–Crippen LogP) is 0.532. The summed E-state index contributed by atoms with van der Waals surface area (Å²) in [6.07, 6.45) is 0. The Morgan fingerprint density at radius 1 is 0.739 bits per heavy atom. The zero-order chi connectivity index (χ0) is 17.7. The summed E-state index contributed by atoms with van der Waals surface area (Å²) in [5, 5.41) is 31.8. The summed E-state index contributed by atoms with van der Waals surface area (Å²) in [5.74, 6) is 13.7. The molecule has 10 nitrogen and oxygen atoms in total. The minimum absolute atomic E-state index is 0.